The largest absolute Gasteiger partial charge is 0.312 e. The number of aromatic nitrogens is 5. The van der Waals surface area contributed by atoms with Crippen LogP contribution in [0.4, 0.5) is 0 Å². The van der Waals surface area contributed by atoms with Crippen LogP contribution < -0.4 is 5.32 Å². The number of nitrogens with zero attached hydrogens (tertiary/aromatic N) is 5. The number of imidazole rings is 1. The average Bonchev–Trinajstić information content (AvgIpc) is 3.16. The smallest absolute Gasteiger partial charge is 0.151 e. The Morgan fingerprint density at radius 1 is 1.14 bits per heavy atom. The second-order valence-electron chi connectivity index (χ2n) is 4.90. The van der Waals surface area contributed by atoms with Crippen LogP contribution in [-0.2, 0) is 20.0 Å². The monoisotopic (exact) mass is 282 g/mol. The van der Waals surface area contributed by atoms with Gasteiger partial charge < -0.3 is 9.88 Å². The molecule has 0 aliphatic rings. The molecule has 2 heterocycles. The van der Waals surface area contributed by atoms with Crippen molar-refractivity contribution in [1.29, 1.82) is 0 Å². The van der Waals surface area contributed by atoms with Gasteiger partial charge in [0.2, 0.25) is 0 Å². The van der Waals surface area contributed by atoms with Crippen LogP contribution in [0.2, 0.25) is 0 Å². The van der Waals surface area contributed by atoms with Gasteiger partial charge in [0.15, 0.2) is 5.82 Å². The fraction of sp³-hybridized carbons (Fsp3) is 0.267. The molecule has 0 saturated heterocycles. The molecule has 0 aliphatic carbocycles. The summed E-state index contributed by atoms with van der Waals surface area (Å²) < 4.78 is 3.72. The third-order valence-electron chi connectivity index (χ3n) is 3.24. The SMILES string of the molecule is Cn1cnc(CCNCc2ccc(-n3ccnc3)cc2)n1. The van der Waals surface area contributed by atoms with Crippen LogP contribution in [0.1, 0.15) is 11.4 Å². The van der Waals surface area contributed by atoms with E-state index in [9.17, 15) is 0 Å². The summed E-state index contributed by atoms with van der Waals surface area (Å²) in [6, 6.07) is 8.45. The summed E-state index contributed by atoms with van der Waals surface area (Å²) in [6.07, 6.45) is 8.08. The van der Waals surface area contributed by atoms with Gasteiger partial charge >= 0.3 is 0 Å². The van der Waals surface area contributed by atoms with Gasteiger partial charge in [-0.2, -0.15) is 5.10 Å². The zero-order valence-corrected chi connectivity index (χ0v) is 12.0. The topological polar surface area (TPSA) is 60.6 Å². The number of benzene rings is 1. The van der Waals surface area contributed by atoms with Crippen LogP contribution in [-0.4, -0.2) is 30.9 Å². The Labute approximate surface area is 123 Å². The standard InChI is InChI=1S/C15H18N6/c1-20-12-18-15(19-20)6-7-16-10-13-2-4-14(5-3-13)21-9-8-17-11-21/h2-5,8-9,11-12,16H,6-7,10H2,1H3. The summed E-state index contributed by atoms with van der Waals surface area (Å²) >= 11 is 0. The first-order chi connectivity index (χ1) is 10.3. The maximum Gasteiger partial charge on any atom is 0.151 e. The zero-order valence-electron chi connectivity index (χ0n) is 12.0. The number of hydrogen-bond donors (Lipinski definition) is 1. The molecule has 0 radical (unpaired) electrons. The van der Waals surface area contributed by atoms with Crippen LogP contribution in [0.25, 0.3) is 5.69 Å². The maximum atomic E-state index is 4.25. The maximum absolute atomic E-state index is 4.25. The number of nitrogens with one attached hydrogen (secondary N) is 1. The van der Waals surface area contributed by atoms with Gasteiger partial charge in [-0.25, -0.2) is 9.97 Å². The molecule has 1 N–H and O–H groups in total. The van der Waals surface area contributed by atoms with Gasteiger partial charge in [-0.05, 0) is 17.7 Å². The molecule has 6 heteroatoms. The van der Waals surface area contributed by atoms with Crippen molar-refractivity contribution >= 4 is 0 Å². The Kier molecular flexibility index (Phi) is 4.07. The van der Waals surface area contributed by atoms with Gasteiger partial charge in [0.25, 0.3) is 0 Å². The molecular formula is C15H18N6. The van der Waals surface area contributed by atoms with Crippen molar-refractivity contribution in [3.05, 3.63) is 60.7 Å². The van der Waals surface area contributed by atoms with Crippen LogP contribution in [0.15, 0.2) is 49.3 Å². The Morgan fingerprint density at radius 2 is 2.00 bits per heavy atom. The molecule has 21 heavy (non-hydrogen) atoms. The summed E-state index contributed by atoms with van der Waals surface area (Å²) in [5, 5.41) is 7.66. The van der Waals surface area contributed by atoms with E-state index in [1.165, 1.54) is 5.56 Å². The van der Waals surface area contributed by atoms with Gasteiger partial charge in [-0.15, -0.1) is 0 Å². The van der Waals surface area contributed by atoms with E-state index in [4.69, 9.17) is 0 Å². The minimum atomic E-state index is 0.841. The fourth-order valence-corrected chi connectivity index (χ4v) is 2.13. The minimum Gasteiger partial charge on any atom is -0.312 e. The lowest BCUT2D eigenvalue weighted by atomic mass is 10.2. The molecule has 0 bridgehead atoms. The summed E-state index contributed by atoms with van der Waals surface area (Å²) in [7, 11) is 1.88. The normalized spacial score (nSPS) is 10.9. The predicted molar refractivity (Wildman–Crippen MR) is 80.0 cm³/mol. The highest BCUT2D eigenvalue weighted by Crippen LogP contribution is 2.09. The summed E-state index contributed by atoms with van der Waals surface area (Å²) in [5.41, 5.74) is 2.38. The Morgan fingerprint density at radius 3 is 2.67 bits per heavy atom. The molecule has 1 aromatic carbocycles. The molecule has 0 atom stereocenters. The Balaban J connectivity index is 1.47. The Bertz CT molecular complexity index is 669. The summed E-state index contributed by atoms with van der Waals surface area (Å²) in [4.78, 5) is 8.25. The molecule has 2 aromatic heterocycles. The zero-order chi connectivity index (χ0) is 14.5. The van der Waals surface area contributed by atoms with E-state index < -0.39 is 0 Å². The molecule has 0 spiro atoms. The highest BCUT2D eigenvalue weighted by atomic mass is 15.3. The summed E-state index contributed by atoms with van der Waals surface area (Å²) in [6.45, 7) is 1.71. The molecule has 0 saturated carbocycles. The highest BCUT2D eigenvalue weighted by molar-refractivity contribution is 5.34. The average molecular weight is 282 g/mol. The third kappa shape index (κ3) is 3.55. The van der Waals surface area contributed by atoms with E-state index in [0.29, 0.717) is 0 Å². The fourth-order valence-electron chi connectivity index (χ4n) is 2.13. The molecule has 3 aromatic rings. The van der Waals surface area contributed by atoms with Crippen molar-refractivity contribution in [3.8, 4) is 5.69 Å². The number of rotatable bonds is 6. The van der Waals surface area contributed by atoms with E-state index in [-0.39, 0.29) is 0 Å². The lowest BCUT2D eigenvalue weighted by Gasteiger charge is -2.06. The van der Waals surface area contributed by atoms with E-state index >= 15 is 0 Å². The van der Waals surface area contributed by atoms with Crippen LogP contribution in [0.5, 0.6) is 0 Å². The molecule has 0 fully saturated rings. The van der Waals surface area contributed by atoms with Crippen molar-refractivity contribution in [2.24, 2.45) is 7.05 Å². The second-order valence-corrected chi connectivity index (χ2v) is 4.90. The molecule has 6 nitrogen and oxygen atoms in total. The molecule has 3 rings (SSSR count). The molecular weight excluding hydrogens is 264 g/mol. The Hall–Kier alpha value is -2.47. The molecule has 0 aliphatic heterocycles. The van der Waals surface area contributed by atoms with Crippen LogP contribution >= 0.6 is 0 Å². The van der Waals surface area contributed by atoms with E-state index in [1.54, 1.807) is 23.5 Å². The van der Waals surface area contributed by atoms with Gasteiger partial charge in [0, 0.05) is 44.6 Å². The van der Waals surface area contributed by atoms with Gasteiger partial charge in [0.1, 0.15) is 6.33 Å². The van der Waals surface area contributed by atoms with Crippen molar-refractivity contribution in [2.75, 3.05) is 6.54 Å². The second kappa shape index (κ2) is 6.32. The predicted octanol–water partition coefficient (Wildman–Crippen LogP) is 1.33. The first kappa shape index (κ1) is 13.5. The number of hydrogen-bond acceptors (Lipinski definition) is 4. The van der Waals surface area contributed by atoms with Gasteiger partial charge in [-0.3, -0.25) is 4.68 Å². The highest BCUT2D eigenvalue weighted by Gasteiger charge is 1.99. The quantitative estimate of drug-likeness (QED) is 0.693. The van der Waals surface area contributed by atoms with Crippen molar-refractivity contribution in [3.63, 3.8) is 0 Å². The molecule has 0 unspecified atom stereocenters. The minimum absolute atomic E-state index is 0.841. The lowest BCUT2D eigenvalue weighted by Crippen LogP contribution is -2.17. The first-order valence-corrected chi connectivity index (χ1v) is 6.94. The van der Waals surface area contributed by atoms with Gasteiger partial charge in [0.05, 0.1) is 6.33 Å². The van der Waals surface area contributed by atoms with Crippen molar-refractivity contribution in [2.45, 2.75) is 13.0 Å². The van der Waals surface area contributed by atoms with Crippen molar-refractivity contribution < 1.29 is 0 Å². The van der Waals surface area contributed by atoms with Gasteiger partial charge in [-0.1, -0.05) is 12.1 Å². The van der Waals surface area contributed by atoms with E-state index in [1.807, 2.05) is 17.8 Å². The summed E-state index contributed by atoms with van der Waals surface area (Å²) in [5.74, 6) is 0.875. The number of aryl methyl sites for hydroxylation is 1. The van der Waals surface area contributed by atoms with E-state index in [0.717, 1.165) is 31.0 Å². The van der Waals surface area contributed by atoms with Crippen molar-refractivity contribution in [1.82, 2.24) is 29.6 Å². The first-order valence-electron chi connectivity index (χ1n) is 6.94. The van der Waals surface area contributed by atoms with Crippen LogP contribution in [0, 0.1) is 0 Å². The lowest BCUT2D eigenvalue weighted by molar-refractivity contribution is 0.661. The van der Waals surface area contributed by atoms with E-state index in [2.05, 4.69) is 44.6 Å². The third-order valence-corrected chi connectivity index (χ3v) is 3.24. The molecule has 108 valence electrons. The van der Waals surface area contributed by atoms with Crippen LogP contribution in [0.3, 0.4) is 0 Å². The molecule has 0 amide bonds.